The minimum absolute atomic E-state index is 0. The average Bonchev–Trinajstić information content (AvgIpc) is 1.36. The van der Waals surface area contributed by atoms with Gasteiger partial charge in [0.2, 0.25) is 0 Å². The summed E-state index contributed by atoms with van der Waals surface area (Å²) in [5.74, 6) is -0.963. The third-order valence-corrected chi connectivity index (χ3v) is 0.390. The van der Waals surface area contributed by atoms with Gasteiger partial charge < -0.3 is 16.3 Å². The number of hydrogen-bond acceptors (Lipinski definition) is 2. The number of carboxylic acids is 1. The van der Waals surface area contributed by atoms with Crippen LogP contribution in [0.15, 0.2) is 0 Å². The van der Waals surface area contributed by atoms with Gasteiger partial charge in [0.25, 0.3) is 0 Å². The van der Waals surface area contributed by atoms with Crippen molar-refractivity contribution in [2.45, 2.75) is 13.0 Å². The van der Waals surface area contributed by atoms with Crippen LogP contribution in [-0.4, -0.2) is 22.6 Å². The lowest BCUT2D eigenvalue weighted by Gasteiger charge is -1.90. The molecule has 4 nitrogen and oxygen atoms in total. The minimum atomic E-state index is -0.963. The number of nitrogens with two attached hydrogens (primary N) is 1. The second-order valence-electron chi connectivity index (χ2n) is 1.13. The Kier molecular flexibility index (Phi) is 4.92. The topological polar surface area (TPSA) is 94.8 Å². The minimum Gasteiger partial charge on any atom is -0.480 e. The van der Waals surface area contributed by atoms with Gasteiger partial charge in [0.1, 0.15) is 6.04 Å². The third kappa shape index (κ3) is 5.39. The van der Waals surface area contributed by atoms with Crippen LogP contribution in [0.4, 0.5) is 0 Å². The van der Waals surface area contributed by atoms with E-state index in [0.717, 1.165) is 0 Å². The second-order valence-corrected chi connectivity index (χ2v) is 1.13. The molecule has 44 valence electrons. The summed E-state index contributed by atoms with van der Waals surface area (Å²) in [5.41, 5.74) is 4.84. The standard InChI is InChI=1S/C3H7NO2.H2O/c1-2(4)3(5)6;/h2H,4H2,1H3,(H,5,6);1H2/t2-;/m1./s1. The van der Waals surface area contributed by atoms with Crippen molar-refractivity contribution in [3.63, 3.8) is 0 Å². The van der Waals surface area contributed by atoms with E-state index < -0.39 is 12.0 Å². The molecule has 0 amide bonds. The van der Waals surface area contributed by atoms with E-state index in [2.05, 4.69) is 0 Å². The smallest absolute Gasteiger partial charge is 0.320 e. The van der Waals surface area contributed by atoms with E-state index in [1.54, 1.807) is 0 Å². The molecule has 0 saturated carbocycles. The molecule has 0 aliphatic carbocycles. The Balaban J connectivity index is 0. The lowest BCUT2D eigenvalue weighted by molar-refractivity contribution is -0.138. The van der Waals surface area contributed by atoms with Gasteiger partial charge >= 0.3 is 5.97 Å². The highest BCUT2D eigenvalue weighted by atomic mass is 16.4. The first-order valence-electron chi connectivity index (χ1n) is 1.63. The maximum Gasteiger partial charge on any atom is 0.320 e. The van der Waals surface area contributed by atoms with Crippen LogP contribution in [-0.2, 0) is 4.79 Å². The number of rotatable bonds is 1. The molecular weight excluding hydrogens is 98.0 g/mol. The predicted octanol–water partition coefficient (Wildman–Crippen LogP) is -1.41. The van der Waals surface area contributed by atoms with Gasteiger partial charge in [-0.3, -0.25) is 4.79 Å². The van der Waals surface area contributed by atoms with Gasteiger partial charge in [-0.1, -0.05) is 0 Å². The monoisotopic (exact) mass is 107 g/mol. The van der Waals surface area contributed by atoms with Crippen molar-refractivity contribution in [1.29, 1.82) is 0 Å². The van der Waals surface area contributed by atoms with Crippen LogP contribution < -0.4 is 5.73 Å². The molecule has 0 aliphatic rings. The van der Waals surface area contributed by atoms with Gasteiger partial charge in [0.15, 0.2) is 0 Å². The van der Waals surface area contributed by atoms with Crippen molar-refractivity contribution in [2.24, 2.45) is 5.73 Å². The fraction of sp³-hybridized carbons (Fsp3) is 0.667. The van der Waals surface area contributed by atoms with Crippen LogP contribution in [0.5, 0.6) is 0 Å². The Morgan fingerprint density at radius 3 is 2.00 bits per heavy atom. The lowest BCUT2D eigenvalue weighted by Crippen LogP contribution is -2.25. The van der Waals surface area contributed by atoms with Gasteiger partial charge in [-0.25, -0.2) is 0 Å². The van der Waals surface area contributed by atoms with Crippen LogP contribution in [0.1, 0.15) is 6.92 Å². The molecule has 0 bridgehead atoms. The highest BCUT2D eigenvalue weighted by Crippen LogP contribution is 1.68. The number of carbonyl (C=O) groups is 1. The molecule has 0 unspecified atom stereocenters. The predicted molar refractivity (Wildman–Crippen MR) is 24.9 cm³/mol. The average molecular weight is 107 g/mol. The first kappa shape index (κ1) is 9.63. The van der Waals surface area contributed by atoms with Crippen molar-refractivity contribution in [3.8, 4) is 0 Å². The largest absolute Gasteiger partial charge is 0.480 e. The van der Waals surface area contributed by atoms with Gasteiger partial charge in [0, 0.05) is 0 Å². The van der Waals surface area contributed by atoms with Gasteiger partial charge in [-0.15, -0.1) is 0 Å². The zero-order valence-electron chi connectivity index (χ0n) is 4.01. The Labute approximate surface area is 41.2 Å². The molecule has 0 heterocycles. The summed E-state index contributed by atoms with van der Waals surface area (Å²) >= 11 is 0. The fourth-order valence-corrected chi connectivity index (χ4v) is 0. The molecule has 0 aromatic heterocycles. The van der Waals surface area contributed by atoms with E-state index in [4.69, 9.17) is 10.8 Å². The van der Waals surface area contributed by atoms with Crippen LogP contribution in [0, 0.1) is 0 Å². The summed E-state index contributed by atoms with van der Waals surface area (Å²) in [6.45, 7) is 1.42. The molecule has 0 radical (unpaired) electrons. The van der Waals surface area contributed by atoms with E-state index in [0.29, 0.717) is 0 Å². The van der Waals surface area contributed by atoms with Crippen LogP contribution in [0.3, 0.4) is 0 Å². The van der Waals surface area contributed by atoms with E-state index in [1.807, 2.05) is 0 Å². The number of hydrogen-bond donors (Lipinski definition) is 2. The summed E-state index contributed by atoms with van der Waals surface area (Å²) in [6, 6.07) is -0.731. The molecule has 0 aromatic rings. The second kappa shape index (κ2) is 3.58. The van der Waals surface area contributed by atoms with Gasteiger partial charge in [-0.05, 0) is 6.92 Å². The molecule has 0 aromatic carbocycles. The highest BCUT2D eigenvalue weighted by Gasteiger charge is 1.99. The molecule has 0 spiro atoms. The Morgan fingerprint density at radius 2 is 2.00 bits per heavy atom. The fourth-order valence-electron chi connectivity index (χ4n) is 0. The quantitative estimate of drug-likeness (QED) is 0.431. The number of aliphatic carboxylic acids is 1. The molecule has 0 aliphatic heterocycles. The van der Waals surface area contributed by atoms with Crippen LogP contribution in [0.2, 0.25) is 0 Å². The highest BCUT2D eigenvalue weighted by molar-refractivity contribution is 5.72. The third-order valence-electron chi connectivity index (χ3n) is 0.390. The van der Waals surface area contributed by atoms with Gasteiger partial charge in [-0.2, -0.15) is 0 Å². The van der Waals surface area contributed by atoms with Crippen LogP contribution >= 0.6 is 0 Å². The SMILES string of the molecule is C[C@@H](N)C(=O)O.O. The molecule has 4 heteroatoms. The lowest BCUT2D eigenvalue weighted by atomic mass is 10.4. The summed E-state index contributed by atoms with van der Waals surface area (Å²) in [6.07, 6.45) is 0. The Hall–Kier alpha value is -0.610. The van der Waals surface area contributed by atoms with Crippen molar-refractivity contribution in [2.75, 3.05) is 0 Å². The molecule has 1 atom stereocenters. The maximum atomic E-state index is 9.57. The summed E-state index contributed by atoms with van der Waals surface area (Å²) < 4.78 is 0. The van der Waals surface area contributed by atoms with Crippen molar-refractivity contribution >= 4 is 5.97 Å². The van der Waals surface area contributed by atoms with E-state index in [9.17, 15) is 4.79 Å². The van der Waals surface area contributed by atoms with E-state index >= 15 is 0 Å². The maximum absolute atomic E-state index is 9.57. The molecule has 7 heavy (non-hydrogen) atoms. The normalized spacial score (nSPS) is 11.7. The zero-order valence-corrected chi connectivity index (χ0v) is 4.01. The Morgan fingerprint density at radius 1 is 1.86 bits per heavy atom. The summed E-state index contributed by atoms with van der Waals surface area (Å²) in [5, 5.41) is 7.87. The molecule has 0 fully saturated rings. The van der Waals surface area contributed by atoms with Crippen molar-refractivity contribution in [3.05, 3.63) is 0 Å². The summed E-state index contributed by atoms with van der Waals surface area (Å²) in [7, 11) is 0. The number of carboxylic acid groups (broad SMARTS) is 1. The Bertz CT molecular complexity index is 61.2. The van der Waals surface area contributed by atoms with E-state index in [-0.39, 0.29) is 5.48 Å². The first-order chi connectivity index (χ1) is 2.64. The van der Waals surface area contributed by atoms with Crippen molar-refractivity contribution in [1.82, 2.24) is 0 Å². The summed E-state index contributed by atoms with van der Waals surface area (Å²) in [4.78, 5) is 9.57. The zero-order chi connectivity index (χ0) is 5.15. The van der Waals surface area contributed by atoms with Gasteiger partial charge in [0.05, 0.1) is 0 Å². The molecule has 5 N–H and O–H groups in total. The molecule has 0 saturated heterocycles. The van der Waals surface area contributed by atoms with Crippen LogP contribution in [0.25, 0.3) is 0 Å². The molecule has 0 rings (SSSR count). The first-order valence-corrected chi connectivity index (χ1v) is 1.63. The van der Waals surface area contributed by atoms with E-state index in [1.165, 1.54) is 6.92 Å². The van der Waals surface area contributed by atoms with Crippen molar-refractivity contribution < 1.29 is 15.4 Å². The molecular formula is C3H9NO3.